The van der Waals surface area contributed by atoms with E-state index in [1.54, 1.807) is 0 Å². The van der Waals surface area contributed by atoms with Crippen LogP contribution in [0.25, 0.3) is 0 Å². The Morgan fingerprint density at radius 1 is 1.77 bits per heavy atom. The number of likely N-dealkylation sites (N-methyl/N-ethyl adjacent to an activating group) is 1. The molecule has 5 heteroatoms. The van der Waals surface area contributed by atoms with E-state index in [4.69, 9.17) is 0 Å². The molecule has 1 aromatic heterocycles. The average molecular weight is 198 g/mol. The van der Waals surface area contributed by atoms with E-state index in [1.807, 2.05) is 5.38 Å². The smallest absolute Gasteiger partial charge is 0.0893 e. The summed E-state index contributed by atoms with van der Waals surface area (Å²) in [5, 5.41) is 9.46. The van der Waals surface area contributed by atoms with Gasteiger partial charge in [0.15, 0.2) is 0 Å². The molecule has 0 unspecified atom stereocenters. The summed E-state index contributed by atoms with van der Waals surface area (Å²) in [5.74, 6) is 0. The summed E-state index contributed by atoms with van der Waals surface area (Å²) in [6.45, 7) is 3.21. The molecule has 1 fully saturated rings. The summed E-state index contributed by atoms with van der Waals surface area (Å²) in [7, 11) is 2.16. The molecule has 0 aromatic carbocycles. The fourth-order valence-electron chi connectivity index (χ4n) is 1.61. The number of nitrogens with zero attached hydrogens (tertiary/aromatic N) is 3. The third-order valence-electron chi connectivity index (χ3n) is 2.37. The Morgan fingerprint density at radius 2 is 2.69 bits per heavy atom. The van der Waals surface area contributed by atoms with E-state index in [0.29, 0.717) is 6.04 Å². The van der Waals surface area contributed by atoms with Crippen LogP contribution in [0, 0.1) is 0 Å². The van der Waals surface area contributed by atoms with E-state index in [9.17, 15) is 0 Å². The van der Waals surface area contributed by atoms with Gasteiger partial charge in [-0.3, -0.25) is 0 Å². The first-order valence-electron chi connectivity index (χ1n) is 4.52. The van der Waals surface area contributed by atoms with Gasteiger partial charge in [0.25, 0.3) is 0 Å². The normalized spacial score (nSPS) is 23.9. The van der Waals surface area contributed by atoms with E-state index < -0.39 is 0 Å². The second-order valence-electron chi connectivity index (χ2n) is 3.52. The monoisotopic (exact) mass is 198 g/mol. The van der Waals surface area contributed by atoms with E-state index in [2.05, 4.69) is 26.9 Å². The number of rotatable bonds is 3. The van der Waals surface area contributed by atoms with Crippen LogP contribution in [0.1, 0.15) is 12.1 Å². The zero-order valence-electron chi connectivity index (χ0n) is 7.73. The Balaban J connectivity index is 1.74. The second kappa shape index (κ2) is 4.13. The quantitative estimate of drug-likeness (QED) is 0.760. The SMILES string of the molecule is CN1CC[C@@H](NCc2csnn2)C1. The Hall–Kier alpha value is -0.520. The van der Waals surface area contributed by atoms with Crippen LogP contribution in [0.5, 0.6) is 0 Å². The first-order chi connectivity index (χ1) is 6.34. The number of hydrogen-bond acceptors (Lipinski definition) is 5. The van der Waals surface area contributed by atoms with Crippen LogP contribution in [0.3, 0.4) is 0 Å². The van der Waals surface area contributed by atoms with Gasteiger partial charge in [-0.15, -0.1) is 5.10 Å². The molecule has 1 atom stereocenters. The lowest BCUT2D eigenvalue weighted by Gasteiger charge is -2.10. The minimum absolute atomic E-state index is 0.631. The van der Waals surface area contributed by atoms with Crippen LogP contribution >= 0.6 is 11.5 Å². The first-order valence-corrected chi connectivity index (χ1v) is 5.36. The van der Waals surface area contributed by atoms with Crippen molar-refractivity contribution >= 4 is 11.5 Å². The standard InChI is InChI=1S/C8H14N4S/c1-12-3-2-7(5-12)9-4-8-6-13-11-10-8/h6-7,9H,2-5H2,1H3/t7-/m1/s1. The van der Waals surface area contributed by atoms with Crippen molar-refractivity contribution in [3.63, 3.8) is 0 Å². The third-order valence-corrected chi connectivity index (χ3v) is 2.92. The lowest BCUT2D eigenvalue weighted by molar-refractivity contribution is 0.397. The minimum atomic E-state index is 0.631. The Bertz CT molecular complexity index is 249. The van der Waals surface area contributed by atoms with Crippen molar-refractivity contribution in [1.29, 1.82) is 0 Å². The van der Waals surface area contributed by atoms with Crippen LogP contribution in [0.15, 0.2) is 5.38 Å². The molecule has 1 N–H and O–H groups in total. The molecule has 2 heterocycles. The molecule has 0 amide bonds. The zero-order chi connectivity index (χ0) is 9.10. The molecule has 1 aliphatic heterocycles. The molecule has 1 aromatic rings. The van der Waals surface area contributed by atoms with Gasteiger partial charge in [0, 0.05) is 24.5 Å². The molecule has 72 valence electrons. The number of likely N-dealkylation sites (tertiary alicyclic amines) is 1. The lowest BCUT2D eigenvalue weighted by atomic mass is 10.2. The van der Waals surface area contributed by atoms with Gasteiger partial charge in [-0.2, -0.15) is 0 Å². The molecule has 0 saturated carbocycles. The predicted octanol–water partition coefficient (Wildman–Crippen LogP) is 0.332. The maximum Gasteiger partial charge on any atom is 0.0893 e. The molecule has 0 spiro atoms. The molecule has 4 nitrogen and oxygen atoms in total. The van der Waals surface area contributed by atoms with E-state index in [-0.39, 0.29) is 0 Å². The fourth-order valence-corrected chi connectivity index (χ4v) is 2.06. The molecule has 1 aliphatic rings. The summed E-state index contributed by atoms with van der Waals surface area (Å²) >= 11 is 1.41. The van der Waals surface area contributed by atoms with Crippen LogP contribution in [0.2, 0.25) is 0 Å². The van der Waals surface area contributed by atoms with Crippen molar-refractivity contribution in [3.05, 3.63) is 11.1 Å². The molecule has 0 aliphatic carbocycles. The fraction of sp³-hybridized carbons (Fsp3) is 0.750. The van der Waals surface area contributed by atoms with Gasteiger partial charge in [0.1, 0.15) is 0 Å². The number of hydrogen-bond donors (Lipinski definition) is 1. The molecular formula is C8H14N4S. The van der Waals surface area contributed by atoms with Crippen LogP contribution in [0.4, 0.5) is 0 Å². The Kier molecular flexibility index (Phi) is 2.87. The molecular weight excluding hydrogens is 184 g/mol. The van der Waals surface area contributed by atoms with Gasteiger partial charge in [0.05, 0.1) is 5.69 Å². The highest BCUT2D eigenvalue weighted by Crippen LogP contribution is 2.07. The topological polar surface area (TPSA) is 41.0 Å². The molecule has 13 heavy (non-hydrogen) atoms. The van der Waals surface area contributed by atoms with Crippen molar-refractivity contribution in [2.24, 2.45) is 0 Å². The lowest BCUT2D eigenvalue weighted by Crippen LogP contribution is -2.31. The highest BCUT2D eigenvalue weighted by molar-refractivity contribution is 7.03. The van der Waals surface area contributed by atoms with Gasteiger partial charge in [-0.05, 0) is 31.5 Å². The summed E-state index contributed by atoms with van der Waals surface area (Å²) in [6, 6.07) is 0.631. The summed E-state index contributed by atoms with van der Waals surface area (Å²) < 4.78 is 3.82. The average Bonchev–Trinajstić information content (AvgIpc) is 2.71. The van der Waals surface area contributed by atoms with Gasteiger partial charge < -0.3 is 10.2 Å². The van der Waals surface area contributed by atoms with Gasteiger partial charge in [-0.1, -0.05) is 4.49 Å². The molecule has 2 rings (SSSR count). The van der Waals surface area contributed by atoms with Crippen LogP contribution < -0.4 is 5.32 Å². The Morgan fingerprint density at radius 3 is 3.31 bits per heavy atom. The van der Waals surface area contributed by atoms with Crippen molar-refractivity contribution in [1.82, 2.24) is 19.8 Å². The first kappa shape index (κ1) is 9.05. The second-order valence-corrected chi connectivity index (χ2v) is 4.13. The summed E-state index contributed by atoms with van der Waals surface area (Å²) in [5.41, 5.74) is 1.06. The summed E-state index contributed by atoms with van der Waals surface area (Å²) in [6.07, 6.45) is 1.24. The molecule has 1 saturated heterocycles. The van der Waals surface area contributed by atoms with Crippen molar-refractivity contribution in [2.45, 2.75) is 19.0 Å². The minimum Gasteiger partial charge on any atom is -0.307 e. The van der Waals surface area contributed by atoms with Gasteiger partial charge in [0.2, 0.25) is 0 Å². The van der Waals surface area contributed by atoms with Crippen molar-refractivity contribution in [2.75, 3.05) is 20.1 Å². The van der Waals surface area contributed by atoms with Gasteiger partial charge >= 0.3 is 0 Å². The van der Waals surface area contributed by atoms with E-state index >= 15 is 0 Å². The largest absolute Gasteiger partial charge is 0.307 e. The molecule has 0 bridgehead atoms. The molecule has 0 radical (unpaired) electrons. The van der Waals surface area contributed by atoms with Crippen molar-refractivity contribution in [3.8, 4) is 0 Å². The highest BCUT2D eigenvalue weighted by atomic mass is 32.1. The van der Waals surface area contributed by atoms with Crippen LogP contribution in [-0.4, -0.2) is 40.7 Å². The summed E-state index contributed by atoms with van der Waals surface area (Å²) in [4.78, 5) is 2.34. The Labute approximate surface area is 82.1 Å². The maximum absolute atomic E-state index is 3.99. The zero-order valence-corrected chi connectivity index (χ0v) is 8.55. The predicted molar refractivity (Wildman–Crippen MR) is 52.7 cm³/mol. The van der Waals surface area contributed by atoms with E-state index in [1.165, 1.54) is 24.5 Å². The number of nitrogens with one attached hydrogen (secondary N) is 1. The number of aromatic nitrogens is 2. The van der Waals surface area contributed by atoms with Crippen molar-refractivity contribution < 1.29 is 0 Å². The van der Waals surface area contributed by atoms with E-state index in [0.717, 1.165) is 18.8 Å². The highest BCUT2D eigenvalue weighted by Gasteiger charge is 2.18. The van der Waals surface area contributed by atoms with Gasteiger partial charge in [-0.25, -0.2) is 0 Å². The maximum atomic E-state index is 3.99. The van der Waals surface area contributed by atoms with Crippen LogP contribution in [-0.2, 0) is 6.54 Å². The third kappa shape index (κ3) is 2.46.